The maximum atomic E-state index is 11.8. The first-order valence-electron chi connectivity index (χ1n) is 5.72. The van der Waals surface area contributed by atoms with Crippen molar-refractivity contribution in [3.63, 3.8) is 0 Å². The van der Waals surface area contributed by atoms with E-state index in [4.69, 9.17) is 5.73 Å². The number of likely N-dealkylation sites (N-methyl/N-ethyl adjacent to an activating group) is 1. The monoisotopic (exact) mass is 213 g/mol. The lowest BCUT2D eigenvalue weighted by atomic mass is 10.0. The fourth-order valence-electron chi connectivity index (χ4n) is 1.88. The first-order chi connectivity index (χ1) is 7.02. The van der Waals surface area contributed by atoms with E-state index in [0.717, 1.165) is 19.3 Å². The van der Waals surface area contributed by atoms with Crippen LogP contribution in [0.4, 0.5) is 0 Å². The van der Waals surface area contributed by atoms with Crippen molar-refractivity contribution < 1.29 is 4.79 Å². The maximum absolute atomic E-state index is 11.8. The number of nitrogens with one attached hydrogen (secondary N) is 1. The average molecular weight is 213 g/mol. The molecule has 1 saturated carbocycles. The lowest BCUT2D eigenvalue weighted by molar-refractivity contribution is -0.125. The highest BCUT2D eigenvalue weighted by Gasteiger charge is 2.30. The Hall–Kier alpha value is -0.610. The third-order valence-electron chi connectivity index (χ3n) is 3.36. The predicted octanol–water partition coefficient (Wildman–Crippen LogP) is 0.180. The molecule has 0 heterocycles. The number of nitrogens with two attached hydrogens (primary N) is 1. The molecule has 4 heteroatoms. The fourth-order valence-corrected chi connectivity index (χ4v) is 1.88. The van der Waals surface area contributed by atoms with E-state index < -0.39 is 0 Å². The van der Waals surface area contributed by atoms with Crippen LogP contribution in [0.25, 0.3) is 0 Å². The van der Waals surface area contributed by atoms with Crippen molar-refractivity contribution in [2.45, 2.75) is 38.3 Å². The van der Waals surface area contributed by atoms with E-state index in [9.17, 15) is 4.79 Å². The molecule has 3 N–H and O–H groups in total. The summed E-state index contributed by atoms with van der Waals surface area (Å²) < 4.78 is 0. The quantitative estimate of drug-likeness (QED) is 0.700. The Labute approximate surface area is 92.2 Å². The van der Waals surface area contributed by atoms with Gasteiger partial charge in [0.2, 0.25) is 5.91 Å². The summed E-state index contributed by atoms with van der Waals surface area (Å²) in [5, 5.41) is 2.98. The molecule has 15 heavy (non-hydrogen) atoms. The normalized spacial score (nSPS) is 28.1. The molecule has 0 aromatic carbocycles. The minimum atomic E-state index is 0.0411. The Morgan fingerprint density at radius 3 is 2.67 bits per heavy atom. The summed E-state index contributed by atoms with van der Waals surface area (Å²) in [6.45, 7) is 2.80. The Bertz CT molecular complexity index is 218. The molecule has 3 atom stereocenters. The van der Waals surface area contributed by atoms with Gasteiger partial charge < -0.3 is 16.0 Å². The van der Waals surface area contributed by atoms with E-state index in [1.807, 2.05) is 14.1 Å². The van der Waals surface area contributed by atoms with Crippen LogP contribution in [0.3, 0.4) is 0 Å². The second-order valence-corrected chi connectivity index (χ2v) is 4.76. The number of hydrogen-bond acceptors (Lipinski definition) is 3. The number of carbonyl (C=O) groups is 1. The van der Waals surface area contributed by atoms with Gasteiger partial charge >= 0.3 is 0 Å². The summed E-state index contributed by atoms with van der Waals surface area (Å²) in [6.07, 6.45) is 3.02. The number of amides is 1. The molecule has 1 fully saturated rings. The van der Waals surface area contributed by atoms with Gasteiger partial charge in [-0.3, -0.25) is 4.79 Å². The minimum absolute atomic E-state index is 0.0411. The zero-order chi connectivity index (χ0) is 11.4. The molecule has 0 spiro atoms. The van der Waals surface area contributed by atoms with Crippen molar-refractivity contribution >= 4 is 5.91 Å². The van der Waals surface area contributed by atoms with Gasteiger partial charge in [-0.15, -0.1) is 0 Å². The van der Waals surface area contributed by atoms with Gasteiger partial charge in [-0.05, 0) is 33.9 Å². The van der Waals surface area contributed by atoms with Gasteiger partial charge in [0.1, 0.15) is 0 Å². The van der Waals surface area contributed by atoms with Crippen LogP contribution >= 0.6 is 0 Å². The summed E-state index contributed by atoms with van der Waals surface area (Å²) in [5.74, 6) is 0.174. The van der Waals surface area contributed by atoms with Crippen LogP contribution in [0.15, 0.2) is 0 Å². The Morgan fingerprint density at radius 1 is 1.53 bits per heavy atom. The second-order valence-electron chi connectivity index (χ2n) is 4.76. The van der Waals surface area contributed by atoms with Crippen molar-refractivity contribution in [2.24, 2.45) is 11.7 Å². The molecule has 88 valence electrons. The molecule has 0 radical (unpaired) electrons. The molecular weight excluding hydrogens is 190 g/mol. The average Bonchev–Trinajstić information content (AvgIpc) is 2.60. The number of nitrogens with zero attached hydrogens (tertiary/aromatic N) is 1. The summed E-state index contributed by atoms with van der Waals surface area (Å²) >= 11 is 0. The molecule has 1 aliphatic rings. The Kier molecular flexibility index (Phi) is 4.54. The van der Waals surface area contributed by atoms with Crippen LogP contribution in [0.1, 0.15) is 26.2 Å². The van der Waals surface area contributed by atoms with E-state index in [2.05, 4.69) is 17.1 Å². The molecule has 4 nitrogen and oxygen atoms in total. The topological polar surface area (TPSA) is 58.4 Å². The zero-order valence-corrected chi connectivity index (χ0v) is 9.99. The van der Waals surface area contributed by atoms with Crippen LogP contribution in [0.5, 0.6) is 0 Å². The third kappa shape index (κ3) is 3.47. The maximum Gasteiger partial charge on any atom is 0.224 e. The Balaban J connectivity index is 2.29. The number of rotatable bonds is 4. The minimum Gasteiger partial charge on any atom is -0.354 e. The van der Waals surface area contributed by atoms with Crippen LogP contribution in [-0.2, 0) is 4.79 Å². The van der Waals surface area contributed by atoms with Crippen molar-refractivity contribution in [2.75, 3.05) is 20.6 Å². The lowest BCUT2D eigenvalue weighted by Gasteiger charge is -2.22. The van der Waals surface area contributed by atoms with E-state index in [1.165, 1.54) is 0 Å². The van der Waals surface area contributed by atoms with Gasteiger partial charge in [0.25, 0.3) is 0 Å². The zero-order valence-electron chi connectivity index (χ0n) is 9.99. The molecule has 0 bridgehead atoms. The van der Waals surface area contributed by atoms with Crippen molar-refractivity contribution in [3.05, 3.63) is 0 Å². The van der Waals surface area contributed by atoms with Gasteiger partial charge in [0.05, 0.1) is 5.92 Å². The number of carbonyl (C=O) groups excluding carboxylic acids is 1. The van der Waals surface area contributed by atoms with Crippen molar-refractivity contribution in [3.8, 4) is 0 Å². The highest BCUT2D eigenvalue weighted by Crippen LogP contribution is 2.23. The van der Waals surface area contributed by atoms with E-state index in [1.54, 1.807) is 0 Å². The largest absolute Gasteiger partial charge is 0.354 e. The predicted molar refractivity (Wildman–Crippen MR) is 61.5 cm³/mol. The standard InChI is InChI=1S/C11H23N3O/c1-8(14(2)3)7-13-11(15)9-5-4-6-10(9)12/h8-10H,4-7,12H2,1-3H3,(H,13,15). The van der Waals surface area contributed by atoms with Crippen LogP contribution in [0.2, 0.25) is 0 Å². The number of hydrogen-bond donors (Lipinski definition) is 2. The first-order valence-corrected chi connectivity index (χ1v) is 5.72. The van der Waals surface area contributed by atoms with E-state index >= 15 is 0 Å². The highest BCUT2D eigenvalue weighted by molar-refractivity contribution is 5.79. The molecule has 0 aromatic rings. The molecule has 1 amide bonds. The highest BCUT2D eigenvalue weighted by atomic mass is 16.1. The molecule has 0 aliphatic heterocycles. The van der Waals surface area contributed by atoms with Gasteiger partial charge in [-0.1, -0.05) is 6.42 Å². The SMILES string of the molecule is CC(CNC(=O)C1CCCC1N)N(C)C. The molecule has 1 rings (SSSR count). The van der Waals surface area contributed by atoms with Gasteiger partial charge in [-0.25, -0.2) is 0 Å². The van der Waals surface area contributed by atoms with Crippen LogP contribution in [0, 0.1) is 5.92 Å². The second kappa shape index (κ2) is 5.47. The molecule has 3 unspecified atom stereocenters. The fraction of sp³-hybridized carbons (Fsp3) is 0.909. The Morgan fingerprint density at radius 2 is 2.20 bits per heavy atom. The third-order valence-corrected chi connectivity index (χ3v) is 3.36. The smallest absolute Gasteiger partial charge is 0.224 e. The van der Waals surface area contributed by atoms with Crippen LogP contribution in [-0.4, -0.2) is 43.5 Å². The summed E-state index contributed by atoms with van der Waals surface area (Å²) in [4.78, 5) is 13.9. The van der Waals surface area contributed by atoms with E-state index in [-0.39, 0.29) is 17.9 Å². The lowest BCUT2D eigenvalue weighted by Crippen LogP contribution is -2.43. The summed E-state index contributed by atoms with van der Waals surface area (Å²) in [5.41, 5.74) is 5.87. The van der Waals surface area contributed by atoms with Crippen molar-refractivity contribution in [1.29, 1.82) is 0 Å². The van der Waals surface area contributed by atoms with Gasteiger partial charge in [-0.2, -0.15) is 0 Å². The van der Waals surface area contributed by atoms with Gasteiger partial charge in [0, 0.05) is 18.6 Å². The molecule has 0 aromatic heterocycles. The summed E-state index contributed by atoms with van der Waals surface area (Å²) in [7, 11) is 4.02. The molecule has 0 saturated heterocycles. The van der Waals surface area contributed by atoms with E-state index in [0.29, 0.717) is 12.6 Å². The first kappa shape index (κ1) is 12.5. The molecule has 1 aliphatic carbocycles. The summed E-state index contributed by atoms with van der Waals surface area (Å²) in [6, 6.07) is 0.436. The van der Waals surface area contributed by atoms with Crippen molar-refractivity contribution in [1.82, 2.24) is 10.2 Å². The van der Waals surface area contributed by atoms with Gasteiger partial charge in [0.15, 0.2) is 0 Å². The molecular formula is C11H23N3O. The van der Waals surface area contributed by atoms with Crippen LogP contribution < -0.4 is 11.1 Å².